The number of pyridine rings is 1. The first-order valence-corrected chi connectivity index (χ1v) is 7.96. The summed E-state index contributed by atoms with van der Waals surface area (Å²) < 4.78 is 33.7. The maximum atomic E-state index is 11.9. The van der Waals surface area contributed by atoms with Crippen LogP contribution >= 0.6 is 0 Å². The number of esters is 1. The van der Waals surface area contributed by atoms with Crippen molar-refractivity contribution in [1.82, 2.24) is 4.98 Å². The molecule has 1 N–H and O–H groups in total. The SMILES string of the molecule is COC(=O)c1ccc(Oc2cccnc2O)c(S(C)(=O)=O)c1. The monoisotopic (exact) mass is 323 g/mol. The summed E-state index contributed by atoms with van der Waals surface area (Å²) >= 11 is 0. The molecule has 0 atom stereocenters. The first-order chi connectivity index (χ1) is 10.3. The predicted octanol–water partition coefficient (Wildman–Crippen LogP) is 1.77. The molecule has 0 saturated heterocycles. The van der Waals surface area contributed by atoms with Crippen LogP contribution in [0.2, 0.25) is 0 Å². The lowest BCUT2D eigenvalue weighted by atomic mass is 10.2. The fourth-order valence-corrected chi connectivity index (χ4v) is 2.52. The number of methoxy groups -OCH3 is 1. The summed E-state index contributed by atoms with van der Waals surface area (Å²) in [5.74, 6) is -1.07. The van der Waals surface area contributed by atoms with Crippen molar-refractivity contribution in [2.45, 2.75) is 4.90 Å². The van der Waals surface area contributed by atoms with Gasteiger partial charge in [0.1, 0.15) is 10.6 Å². The molecular formula is C14H13NO6S. The van der Waals surface area contributed by atoms with Crippen LogP contribution in [0, 0.1) is 0 Å². The number of sulfone groups is 1. The first-order valence-electron chi connectivity index (χ1n) is 6.07. The van der Waals surface area contributed by atoms with Gasteiger partial charge in [-0.05, 0) is 30.3 Å². The van der Waals surface area contributed by atoms with Gasteiger partial charge < -0.3 is 14.6 Å². The Morgan fingerprint density at radius 2 is 1.95 bits per heavy atom. The van der Waals surface area contributed by atoms with Crippen molar-refractivity contribution in [3.8, 4) is 17.4 Å². The second-order valence-electron chi connectivity index (χ2n) is 4.35. The van der Waals surface area contributed by atoms with Gasteiger partial charge in [0.15, 0.2) is 15.6 Å². The summed E-state index contributed by atoms with van der Waals surface area (Å²) in [6.07, 6.45) is 2.35. The Kier molecular flexibility index (Phi) is 4.32. The molecule has 7 nitrogen and oxygen atoms in total. The van der Waals surface area contributed by atoms with Gasteiger partial charge in [0.05, 0.1) is 12.7 Å². The zero-order valence-corrected chi connectivity index (χ0v) is 12.6. The highest BCUT2D eigenvalue weighted by atomic mass is 32.2. The normalized spacial score (nSPS) is 11.0. The molecule has 0 aliphatic rings. The molecule has 0 saturated carbocycles. The number of rotatable bonds is 4. The van der Waals surface area contributed by atoms with E-state index in [-0.39, 0.29) is 27.8 Å². The number of aromatic nitrogens is 1. The molecule has 1 heterocycles. The molecule has 0 bridgehead atoms. The number of benzene rings is 1. The topological polar surface area (TPSA) is 103 Å². The summed E-state index contributed by atoms with van der Waals surface area (Å²) in [6.45, 7) is 0. The average Bonchev–Trinajstić information content (AvgIpc) is 2.48. The summed E-state index contributed by atoms with van der Waals surface area (Å²) in [4.78, 5) is 14.9. The largest absolute Gasteiger partial charge is 0.491 e. The van der Waals surface area contributed by atoms with Gasteiger partial charge in [-0.25, -0.2) is 18.2 Å². The molecular weight excluding hydrogens is 310 g/mol. The van der Waals surface area contributed by atoms with E-state index in [0.717, 1.165) is 12.3 Å². The van der Waals surface area contributed by atoms with E-state index in [2.05, 4.69) is 9.72 Å². The van der Waals surface area contributed by atoms with Gasteiger partial charge in [-0.2, -0.15) is 0 Å². The standard InChI is InChI=1S/C14H13NO6S/c1-20-14(17)9-5-6-10(12(8-9)22(2,18)19)21-11-4-3-7-15-13(11)16/h3-8H,1-2H3,(H,15,16). The van der Waals surface area contributed by atoms with Crippen molar-refractivity contribution >= 4 is 15.8 Å². The highest BCUT2D eigenvalue weighted by Gasteiger charge is 2.19. The number of carbonyl (C=O) groups is 1. The van der Waals surface area contributed by atoms with Crippen LogP contribution in [0.5, 0.6) is 17.4 Å². The summed E-state index contributed by atoms with van der Waals surface area (Å²) in [5, 5.41) is 9.59. The Morgan fingerprint density at radius 3 is 2.55 bits per heavy atom. The van der Waals surface area contributed by atoms with E-state index in [0.29, 0.717) is 0 Å². The van der Waals surface area contributed by atoms with Crippen molar-refractivity contribution in [2.75, 3.05) is 13.4 Å². The number of ether oxygens (including phenoxy) is 2. The lowest BCUT2D eigenvalue weighted by Crippen LogP contribution is -2.06. The van der Waals surface area contributed by atoms with Crippen LogP contribution in [0.4, 0.5) is 0 Å². The van der Waals surface area contributed by atoms with Crippen LogP contribution in [0.15, 0.2) is 41.4 Å². The molecule has 0 fully saturated rings. The van der Waals surface area contributed by atoms with Crippen LogP contribution in [0.3, 0.4) is 0 Å². The highest BCUT2D eigenvalue weighted by Crippen LogP contribution is 2.33. The Balaban J connectivity index is 2.52. The number of hydrogen-bond acceptors (Lipinski definition) is 7. The molecule has 0 aliphatic heterocycles. The molecule has 0 radical (unpaired) electrons. The van der Waals surface area contributed by atoms with Crippen molar-refractivity contribution in [3.63, 3.8) is 0 Å². The van der Waals surface area contributed by atoms with Crippen molar-refractivity contribution in [3.05, 3.63) is 42.1 Å². The fraction of sp³-hybridized carbons (Fsp3) is 0.143. The molecule has 116 valence electrons. The van der Waals surface area contributed by atoms with Gasteiger partial charge in [-0.3, -0.25) is 0 Å². The first kappa shape index (κ1) is 15.8. The predicted molar refractivity (Wildman–Crippen MR) is 76.9 cm³/mol. The third-order valence-electron chi connectivity index (χ3n) is 2.74. The second kappa shape index (κ2) is 6.02. The van der Waals surface area contributed by atoms with Crippen molar-refractivity contribution in [2.24, 2.45) is 0 Å². The van der Waals surface area contributed by atoms with E-state index in [1.807, 2.05) is 0 Å². The number of carbonyl (C=O) groups excluding carboxylic acids is 1. The average molecular weight is 323 g/mol. The Bertz CT molecular complexity index is 816. The summed E-state index contributed by atoms with van der Waals surface area (Å²) in [5.41, 5.74) is 0.0747. The van der Waals surface area contributed by atoms with Crippen LogP contribution < -0.4 is 4.74 Å². The van der Waals surface area contributed by atoms with Crippen LogP contribution in [0.25, 0.3) is 0 Å². The Morgan fingerprint density at radius 1 is 1.23 bits per heavy atom. The molecule has 2 aromatic rings. The van der Waals surface area contributed by atoms with E-state index >= 15 is 0 Å². The highest BCUT2D eigenvalue weighted by molar-refractivity contribution is 7.90. The molecule has 2 rings (SSSR count). The van der Waals surface area contributed by atoms with E-state index in [1.54, 1.807) is 0 Å². The van der Waals surface area contributed by atoms with Gasteiger partial charge >= 0.3 is 5.97 Å². The minimum absolute atomic E-state index is 0.00165. The molecule has 1 aromatic heterocycles. The quantitative estimate of drug-likeness (QED) is 0.855. The van der Waals surface area contributed by atoms with Gasteiger partial charge in [-0.15, -0.1) is 0 Å². The minimum Gasteiger partial charge on any atom is -0.491 e. The number of aromatic hydroxyl groups is 1. The molecule has 0 amide bonds. The van der Waals surface area contributed by atoms with Gasteiger partial charge in [0.2, 0.25) is 0 Å². The minimum atomic E-state index is -3.67. The number of hydrogen-bond donors (Lipinski definition) is 1. The lowest BCUT2D eigenvalue weighted by Gasteiger charge is -2.11. The molecule has 0 aliphatic carbocycles. The molecule has 0 unspecified atom stereocenters. The van der Waals surface area contributed by atoms with E-state index < -0.39 is 15.8 Å². The zero-order chi connectivity index (χ0) is 16.3. The summed E-state index contributed by atoms with van der Waals surface area (Å²) in [7, 11) is -2.47. The van der Waals surface area contributed by atoms with Gasteiger partial charge in [-0.1, -0.05) is 0 Å². The smallest absolute Gasteiger partial charge is 0.337 e. The fourth-order valence-electron chi connectivity index (χ4n) is 1.71. The van der Waals surface area contributed by atoms with Crippen LogP contribution in [-0.4, -0.2) is 37.8 Å². The van der Waals surface area contributed by atoms with E-state index in [1.165, 1.54) is 37.6 Å². The Hall–Kier alpha value is -2.61. The lowest BCUT2D eigenvalue weighted by molar-refractivity contribution is 0.0600. The third-order valence-corrected chi connectivity index (χ3v) is 3.85. The van der Waals surface area contributed by atoms with E-state index in [9.17, 15) is 18.3 Å². The molecule has 0 spiro atoms. The van der Waals surface area contributed by atoms with E-state index in [4.69, 9.17) is 4.74 Å². The van der Waals surface area contributed by atoms with Crippen molar-refractivity contribution in [1.29, 1.82) is 0 Å². The molecule has 22 heavy (non-hydrogen) atoms. The van der Waals surface area contributed by atoms with Crippen LogP contribution in [0.1, 0.15) is 10.4 Å². The molecule has 1 aromatic carbocycles. The molecule has 8 heteroatoms. The Labute approximate surface area is 127 Å². The zero-order valence-electron chi connectivity index (χ0n) is 11.8. The van der Waals surface area contributed by atoms with Crippen LogP contribution in [-0.2, 0) is 14.6 Å². The maximum absolute atomic E-state index is 11.9. The maximum Gasteiger partial charge on any atom is 0.337 e. The third kappa shape index (κ3) is 3.34. The van der Waals surface area contributed by atoms with Gasteiger partial charge in [0.25, 0.3) is 5.88 Å². The second-order valence-corrected chi connectivity index (χ2v) is 6.34. The van der Waals surface area contributed by atoms with Gasteiger partial charge in [0, 0.05) is 12.5 Å². The number of nitrogens with zero attached hydrogens (tertiary/aromatic N) is 1. The van der Waals surface area contributed by atoms with Crippen molar-refractivity contribution < 1.29 is 27.8 Å². The summed E-state index contributed by atoms with van der Waals surface area (Å²) in [6, 6.07) is 6.79.